The van der Waals surface area contributed by atoms with Crippen molar-refractivity contribution in [2.45, 2.75) is 58.4 Å². The molecule has 2 amide bonds. The van der Waals surface area contributed by atoms with Gasteiger partial charge >= 0.3 is 6.03 Å². The molecule has 0 aliphatic heterocycles. The summed E-state index contributed by atoms with van der Waals surface area (Å²) < 4.78 is 0. The monoisotopic (exact) mass is 304 g/mol. The molecule has 1 aromatic rings. The van der Waals surface area contributed by atoms with Gasteiger partial charge in [0.05, 0.1) is 0 Å². The summed E-state index contributed by atoms with van der Waals surface area (Å²) in [4.78, 5) is 12.4. The molecule has 0 spiro atoms. The molecule has 122 valence electrons. The molecular formula is C18H28N2O2. The normalized spacial score (nSPS) is 21.7. The lowest BCUT2D eigenvalue weighted by Crippen LogP contribution is -2.45. The number of amides is 2. The Hall–Kier alpha value is -1.55. The van der Waals surface area contributed by atoms with Crippen LogP contribution < -0.4 is 10.6 Å². The SMILES string of the molecule is Cc1cccc(C(C)C)c1NC(=O)NC1CCCCC1CO. The van der Waals surface area contributed by atoms with Crippen molar-refractivity contribution in [3.8, 4) is 0 Å². The Morgan fingerprint density at radius 1 is 1.32 bits per heavy atom. The van der Waals surface area contributed by atoms with Gasteiger partial charge in [-0.25, -0.2) is 4.79 Å². The van der Waals surface area contributed by atoms with Gasteiger partial charge in [0.2, 0.25) is 0 Å². The maximum Gasteiger partial charge on any atom is 0.319 e. The van der Waals surface area contributed by atoms with E-state index in [-0.39, 0.29) is 24.6 Å². The molecule has 4 nitrogen and oxygen atoms in total. The number of benzene rings is 1. The zero-order valence-corrected chi connectivity index (χ0v) is 13.9. The summed E-state index contributed by atoms with van der Waals surface area (Å²) in [6, 6.07) is 6.01. The minimum absolute atomic E-state index is 0.0743. The second-order valence-corrected chi connectivity index (χ2v) is 6.63. The van der Waals surface area contributed by atoms with Gasteiger partial charge in [0, 0.05) is 24.3 Å². The van der Waals surface area contributed by atoms with Crippen LogP contribution in [0.2, 0.25) is 0 Å². The third kappa shape index (κ3) is 4.01. The van der Waals surface area contributed by atoms with Crippen LogP contribution in [0.15, 0.2) is 18.2 Å². The van der Waals surface area contributed by atoms with Gasteiger partial charge in [0.15, 0.2) is 0 Å². The lowest BCUT2D eigenvalue weighted by atomic mass is 9.85. The van der Waals surface area contributed by atoms with Crippen molar-refractivity contribution in [1.29, 1.82) is 0 Å². The number of para-hydroxylation sites is 1. The van der Waals surface area contributed by atoms with Crippen molar-refractivity contribution in [1.82, 2.24) is 5.32 Å². The number of aliphatic hydroxyl groups is 1. The molecule has 0 aromatic heterocycles. The quantitative estimate of drug-likeness (QED) is 0.792. The third-order valence-electron chi connectivity index (χ3n) is 4.63. The van der Waals surface area contributed by atoms with E-state index in [9.17, 15) is 9.90 Å². The summed E-state index contributed by atoms with van der Waals surface area (Å²) in [7, 11) is 0. The van der Waals surface area contributed by atoms with Gasteiger partial charge in [-0.2, -0.15) is 0 Å². The second kappa shape index (κ2) is 7.63. The van der Waals surface area contributed by atoms with Crippen LogP contribution in [0.1, 0.15) is 56.6 Å². The van der Waals surface area contributed by atoms with Gasteiger partial charge in [0.25, 0.3) is 0 Å². The first-order valence-electron chi connectivity index (χ1n) is 8.30. The Bertz CT molecular complexity index is 514. The lowest BCUT2D eigenvalue weighted by Gasteiger charge is -2.31. The second-order valence-electron chi connectivity index (χ2n) is 6.63. The Morgan fingerprint density at radius 3 is 2.73 bits per heavy atom. The van der Waals surface area contributed by atoms with Gasteiger partial charge in [-0.15, -0.1) is 0 Å². The Morgan fingerprint density at radius 2 is 2.05 bits per heavy atom. The Kier molecular flexibility index (Phi) is 5.83. The molecule has 0 radical (unpaired) electrons. The average Bonchev–Trinajstić information content (AvgIpc) is 2.49. The van der Waals surface area contributed by atoms with Crippen molar-refractivity contribution in [3.63, 3.8) is 0 Å². The van der Waals surface area contributed by atoms with Gasteiger partial charge in [-0.3, -0.25) is 0 Å². The van der Waals surface area contributed by atoms with Crippen LogP contribution in [0, 0.1) is 12.8 Å². The highest BCUT2D eigenvalue weighted by Gasteiger charge is 2.26. The van der Waals surface area contributed by atoms with E-state index in [1.165, 1.54) is 0 Å². The molecule has 3 N–H and O–H groups in total. The minimum Gasteiger partial charge on any atom is -0.396 e. The molecule has 0 heterocycles. The summed E-state index contributed by atoms with van der Waals surface area (Å²) in [6.45, 7) is 6.41. The largest absolute Gasteiger partial charge is 0.396 e. The maximum absolute atomic E-state index is 12.4. The van der Waals surface area contributed by atoms with Crippen molar-refractivity contribution >= 4 is 11.7 Å². The van der Waals surface area contributed by atoms with Crippen LogP contribution in [0.25, 0.3) is 0 Å². The number of rotatable bonds is 4. The highest BCUT2D eigenvalue weighted by atomic mass is 16.3. The summed E-state index contributed by atoms with van der Waals surface area (Å²) >= 11 is 0. The molecule has 1 aromatic carbocycles. The molecule has 0 bridgehead atoms. The number of hydrogen-bond acceptors (Lipinski definition) is 2. The summed E-state index contributed by atoms with van der Waals surface area (Å²) in [5.41, 5.74) is 3.13. The lowest BCUT2D eigenvalue weighted by molar-refractivity contribution is 0.156. The first kappa shape index (κ1) is 16.8. The maximum atomic E-state index is 12.4. The van der Waals surface area contributed by atoms with E-state index in [4.69, 9.17) is 0 Å². The predicted octanol–water partition coefficient (Wildman–Crippen LogP) is 3.79. The fourth-order valence-electron chi connectivity index (χ4n) is 3.28. The van der Waals surface area contributed by atoms with Crippen molar-refractivity contribution in [3.05, 3.63) is 29.3 Å². The average molecular weight is 304 g/mol. The molecule has 2 unspecified atom stereocenters. The topological polar surface area (TPSA) is 61.4 Å². The first-order chi connectivity index (χ1) is 10.5. The van der Waals surface area contributed by atoms with Crippen LogP contribution in [0.5, 0.6) is 0 Å². The smallest absolute Gasteiger partial charge is 0.319 e. The van der Waals surface area contributed by atoms with Crippen molar-refractivity contribution < 1.29 is 9.90 Å². The minimum atomic E-state index is -0.165. The zero-order chi connectivity index (χ0) is 16.1. The van der Waals surface area contributed by atoms with Crippen LogP contribution in [0.4, 0.5) is 10.5 Å². The number of carbonyl (C=O) groups is 1. The van der Waals surface area contributed by atoms with Crippen LogP contribution >= 0.6 is 0 Å². The summed E-state index contributed by atoms with van der Waals surface area (Å²) in [5.74, 6) is 0.538. The molecule has 22 heavy (non-hydrogen) atoms. The third-order valence-corrected chi connectivity index (χ3v) is 4.63. The number of urea groups is 1. The first-order valence-corrected chi connectivity index (χ1v) is 8.30. The number of aliphatic hydroxyl groups excluding tert-OH is 1. The van der Waals surface area contributed by atoms with E-state index in [1.807, 2.05) is 19.1 Å². The van der Waals surface area contributed by atoms with Gasteiger partial charge in [-0.1, -0.05) is 44.9 Å². The highest BCUT2D eigenvalue weighted by molar-refractivity contribution is 5.91. The number of anilines is 1. The Labute approximate surface area is 133 Å². The van der Waals surface area contributed by atoms with Gasteiger partial charge < -0.3 is 15.7 Å². The highest BCUT2D eigenvalue weighted by Crippen LogP contribution is 2.28. The van der Waals surface area contributed by atoms with Gasteiger partial charge in [0.1, 0.15) is 0 Å². The molecular weight excluding hydrogens is 276 g/mol. The molecule has 1 aliphatic rings. The van der Waals surface area contributed by atoms with Crippen LogP contribution in [0.3, 0.4) is 0 Å². The van der Waals surface area contributed by atoms with E-state index in [1.54, 1.807) is 0 Å². The van der Waals surface area contributed by atoms with E-state index in [0.29, 0.717) is 5.92 Å². The molecule has 1 fully saturated rings. The van der Waals surface area contributed by atoms with Crippen molar-refractivity contribution in [2.75, 3.05) is 11.9 Å². The number of nitrogens with one attached hydrogen (secondary N) is 2. The van der Waals surface area contributed by atoms with Crippen molar-refractivity contribution in [2.24, 2.45) is 5.92 Å². The van der Waals surface area contributed by atoms with Gasteiger partial charge in [-0.05, 0) is 36.8 Å². The predicted molar refractivity (Wildman–Crippen MR) is 90.3 cm³/mol. The molecule has 4 heteroatoms. The fraction of sp³-hybridized carbons (Fsp3) is 0.611. The summed E-state index contributed by atoms with van der Waals surface area (Å²) in [5, 5.41) is 15.5. The number of hydrogen-bond donors (Lipinski definition) is 3. The van der Waals surface area contributed by atoms with E-state index >= 15 is 0 Å². The molecule has 2 rings (SSSR count). The zero-order valence-electron chi connectivity index (χ0n) is 13.9. The van der Waals surface area contributed by atoms with E-state index < -0.39 is 0 Å². The summed E-state index contributed by atoms with van der Waals surface area (Å²) in [6.07, 6.45) is 4.19. The fourth-order valence-corrected chi connectivity index (χ4v) is 3.28. The van der Waals surface area contributed by atoms with Crippen LogP contribution in [-0.4, -0.2) is 23.8 Å². The van der Waals surface area contributed by atoms with E-state index in [2.05, 4.69) is 30.5 Å². The number of carbonyl (C=O) groups excluding carboxylic acids is 1. The van der Waals surface area contributed by atoms with E-state index in [0.717, 1.165) is 42.5 Å². The molecule has 0 saturated heterocycles. The number of aryl methyl sites for hydroxylation is 1. The molecule has 1 saturated carbocycles. The molecule has 1 aliphatic carbocycles. The Balaban J connectivity index is 2.06. The standard InChI is InChI=1S/C18H28N2O2/c1-12(2)15-9-6-7-13(3)17(15)20-18(22)19-16-10-5-4-8-14(16)11-21/h6-7,9,12,14,16,21H,4-5,8,10-11H2,1-3H3,(H2,19,20,22). The van der Waals surface area contributed by atoms with Crippen LogP contribution in [-0.2, 0) is 0 Å². The molecule has 2 atom stereocenters.